The first kappa shape index (κ1) is 19.7. The molecular weight excluding hydrogens is 357 g/mol. The van der Waals surface area contributed by atoms with Crippen LogP contribution in [0.1, 0.15) is 43.3 Å². The van der Waals surface area contributed by atoms with Crippen molar-refractivity contribution >= 4 is 18.4 Å². The van der Waals surface area contributed by atoms with E-state index in [2.05, 4.69) is 38.5 Å². The summed E-state index contributed by atoms with van der Waals surface area (Å²) in [4.78, 5) is 19.2. The Bertz CT molecular complexity index is 925. The van der Waals surface area contributed by atoms with Crippen LogP contribution >= 0.6 is 0 Å². The topological polar surface area (TPSA) is 63.0 Å². The van der Waals surface area contributed by atoms with Gasteiger partial charge in [0.05, 0.1) is 13.2 Å². The van der Waals surface area contributed by atoms with Crippen molar-refractivity contribution in [1.82, 2.24) is 9.97 Å². The van der Waals surface area contributed by atoms with Gasteiger partial charge in [0, 0.05) is 24.5 Å². The predicted molar refractivity (Wildman–Crippen MR) is 110 cm³/mol. The number of ether oxygens (including phenoxy) is 1. The molecule has 2 heterocycles. The molecule has 1 aliphatic rings. The second-order valence-corrected chi connectivity index (χ2v) is 6.34. The molecule has 2 aromatic rings. The Morgan fingerprint density at radius 2 is 2.25 bits per heavy atom. The minimum atomic E-state index is -0.186. The molecule has 0 bridgehead atoms. The van der Waals surface area contributed by atoms with Gasteiger partial charge in [-0.3, -0.25) is 0 Å². The minimum absolute atomic E-state index is 0.0511. The number of methoxy groups -OCH3 is 1. The Balaban J connectivity index is 2.05. The molecule has 146 valence electrons. The van der Waals surface area contributed by atoms with Crippen molar-refractivity contribution in [3.05, 3.63) is 59.4 Å². The highest BCUT2D eigenvalue weighted by Crippen LogP contribution is 2.41. The zero-order valence-electron chi connectivity index (χ0n) is 16.4. The lowest BCUT2D eigenvalue weighted by atomic mass is 9.89. The van der Waals surface area contributed by atoms with E-state index < -0.39 is 0 Å². The third kappa shape index (κ3) is 3.65. The Hall–Kier alpha value is -3.09. The number of benzene rings is 1. The fourth-order valence-corrected chi connectivity index (χ4v) is 3.59. The first-order chi connectivity index (χ1) is 13.6. The van der Waals surface area contributed by atoms with Crippen LogP contribution < -0.4 is 9.64 Å². The van der Waals surface area contributed by atoms with Gasteiger partial charge < -0.3 is 9.64 Å². The number of aliphatic imine (C=N–C) groups is 2. The summed E-state index contributed by atoms with van der Waals surface area (Å²) < 4.78 is 20.0. The molecule has 7 heteroatoms. The maximum atomic E-state index is 14.4. The quantitative estimate of drug-likeness (QED) is 0.577. The lowest BCUT2D eigenvalue weighted by molar-refractivity contribution is 0.395. The van der Waals surface area contributed by atoms with Crippen LogP contribution in [0.2, 0.25) is 0 Å². The highest BCUT2D eigenvalue weighted by molar-refractivity contribution is 5.98. The standard InChI is InChI=1S/C21H24FN5O/c1-5-11-24-20(23-3)21-25-12-9-18(26-21)27-13-10-14-15(22)7-8-17(28-4)19(14)16(27)6-2/h5,7-9,11-12,16H,3,6,10,13H2,1-2,4H3/b11-5-,24-20?. The van der Waals surface area contributed by atoms with E-state index in [0.717, 1.165) is 23.4 Å². The van der Waals surface area contributed by atoms with Crippen LogP contribution in [0, 0.1) is 5.82 Å². The molecule has 0 N–H and O–H groups in total. The van der Waals surface area contributed by atoms with Crippen LogP contribution in [0.3, 0.4) is 0 Å². The van der Waals surface area contributed by atoms with E-state index in [-0.39, 0.29) is 11.9 Å². The average Bonchev–Trinajstić information content (AvgIpc) is 2.74. The molecule has 1 unspecified atom stereocenters. The van der Waals surface area contributed by atoms with E-state index >= 15 is 0 Å². The van der Waals surface area contributed by atoms with E-state index in [0.29, 0.717) is 30.4 Å². The summed E-state index contributed by atoms with van der Waals surface area (Å²) in [7, 11) is 1.61. The number of halogens is 1. The molecule has 0 saturated heterocycles. The molecule has 1 aromatic heterocycles. The van der Waals surface area contributed by atoms with Gasteiger partial charge in [-0.25, -0.2) is 24.3 Å². The number of allylic oxidation sites excluding steroid dienone is 1. The second kappa shape index (κ2) is 8.73. The van der Waals surface area contributed by atoms with Crippen molar-refractivity contribution < 1.29 is 9.13 Å². The van der Waals surface area contributed by atoms with E-state index in [4.69, 9.17) is 4.74 Å². The first-order valence-electron chi connectivity index (χ1n) is 9.25. The molecule has 0 radical (unpaired) electrons. The smallest absolute Gasteiger partial charge is 0.199 e. The number of hydrogen-bond acceptors (Lipinski definition) is 5. The summed E-state index contributed by atoms with van der Waals surface area (Å²) in [6.45, 7) is 8.15. The maximum Gasteiger partial charge on any atom is 0.199 e. The largest absolute Gasteiger partial charge is 0.496 e. The van der Waals surface area contributed by atoms with Crippen molar-refractivity contribution in [3.8, 4) is 5.75 Å². The number of anilines is 1. The van der Waals surface area contributed by atoms with Crippen molar-refractivity contribution in [2.75, 3.05) is 18.6 Å². The molecular formula is C21H24FN5O. The predicted octanol–water partition coefficient (Wildman–Crippen LogP) is 4.12. The Morgan fingerprint density at radius 1 is 1.43 bits per heavy atom. The zero-order valence-corrected chi connectivity index (χ0v) is 16.4. The molecule has 0 fully saturated rings. The molecule has 1 atom stereocenters. The normalized spacial score (nSPS) is 16.9. The Morgan fingerprint density at radius 3 is 2.93 bits per heavy atom. The van der Waals surface area contributed by atoms with Gasteiger partial charge in [-0.1, -0.05) is 13.0 Å². The van der Waals surface area contributed by atoms with E-state index in [1.165, 1.54) is 6.07 Å². The molecule has 0 amide bonds. The van der Waals surface area contributed by atoms with Crippen molar-refractivity contribution in [3.63, 3.8) is 0 Å². The molecule has 1 aliphatic heterocycles. The lowest BCUT2D eigenvalue weighted by Crippen LogP contribution is -2.37. The summed E-state index contributed by atoms with van der Waals surface area (Å²) >= 11 is 0. The van der Waals surface area contributed by atoms with Gasteiger partial charge in [-0.15, -0.1) is 0 Å². The van der Waals surface area contributed by atoms with Gasteiger partial charge in [0.1, 0.15) is 17.4 Å². The summed E-state index contributed by atoms with van der Waals surface area (Å²) in [5, 5.41) is 0. The monoisotopic (exact) mass is 381 g/mol. The fraction of sp³-hybridized carbons (Fsp3) is 0.333. The van der Waals surface area contributed by atoms with Gasteiger partial charge in [0.2, 0.25) is 0 Å². The van der Waals surface area contributed by atoms with E-state index in [9.17, 15) is 4.39 Å². The number of fused-ring (bicyclic) bond motifs is 1. The molecule has 0 spiro atoms. The lowest BCUT2D eigenvalue weighted by Gasteiger charge is -2.38. The van der Waals surface area contributed by atoms with Gasteiger partial charge >= 0.3 is 0 Å². The van der Waals surface area contributed by atoms with Crippen LogP contribution in [0.5, 0.6) is 5.75 Å². The maximum absolute atomic E-state index is 14.4. The van der Waals surface area contributed by atoms with Gasteiger partial charge in [0.25, 0.3) is 0 Å². The highest BCUT2D eigenvalue weighted by Gasteiger charge is 2.32. The summed E-state index contributed by atoms with van der Waals surface area (Å²) in [5.74, 6) is 2.01. The van der Waals surface area contributed by atoms with Crippen molar-refractivity contribution in [1.29, 1.82) is 0 Å². The number of rotatable bonds is 5. The van der Waals surface area contributed by atoms with Crippen LogP contribution in [0.4, 0.5) is 10.2 Å². The summed E-state index contributed by atoms with van der Waals surface area (Å²) in [6, 6.07) is 4.96. The van der Waals surface area contributed by atoms with Gasteiger partial charge in [-0.2, -0.15) is 0 Å². The number of nitrogens with zero attached hydrogens (tertiary/aromatic N) is 5. The van der Waals surface area contributed by atoms with E-state index in [1.54, 1.807) is 31.6 Å². The van der Waals surface area contributed by atoms with Crippen LogP contribution in [-0.2, 0) is 6.42 Å². The van der Waals surface area contributed by atoms with Crippen molar-refractivity contribution in [2.24, 2.45) is 9.98 Å². The molecule has 1 aromatic carbocycles. The molecule has 0 saturated carbocycles. The fourth-order valence-electron chi connectivity index (χ4n) is 3.59. The van der Waals surface area contributed by atoms with Crippen LogP contribution in [0.25, 0.3) is 0 Å². The van der Waals surface area contributed by atoms with Gasteiger partial charge in [-0.05, 0) is 50.2 Å². The average molecular weight is 381 g/mol. The Kier molecular flexibility index (Phi) is 6.13. The zero-order chi connectivity index (χ0) is 20.1. The second-order valence-electron chi connectivity index (χ2n) is 6.34. The number of aromatic nitrogens is 2. The number of hydrogen-bond donors (Lipinski definition) is 0. The highest BCUT2D eigenvalue weighted by atomic mass is 19.1. The number of amidine groups is 1. The van der Waals surface area contributed by atoms with E-state index in [1.807, 2.05) is 13.0 Å². The summed E-state index contributed by atoms with van der Waals surface area (Å²) in [6.07, 6.45) is 6.46. The molecule has 3 rings (SSSR count). The SMILES string of the molecule is C=NC(=N/C=C\C)c1nccc(N2CCc3c(F)ccc(OC)c3C2CC)n1. The van der Waals surface area contributed by atoms with Crippen LogP contribution in [-0.4, -0.2) is 36.2 Å². The molecule has 0 aliphatic carbocycles. The Labute approximate surface area is 164 Å². The minimum Gasteiger partial charge on any atom is -0.496 e. The third-order valence-corrected chi connectivity index (χ3v) is 4.81. The third-order valence-electron chi connectivity index (χ3n) is 4.81. The summed E-state index contributed by atoms with van der Waals surface area (Å²) in [5.41, 5.74) is 1.61. The molecule has 28 heavy (non-hydrogen) atoms. The van der Waals surface area contributed by atoms with Crippen LogP contribution in [0.15, 0.2) is 46.7 Å². The van der Waals surface area contributed by atoms with Gasteiger partial charge in [0.15, 0.2) is 11.7 Å². The first-order valence-corrected chi connectivity index (χ1v) is 9.25. The molecule has 6 nitrogen and oxygen atoms in total. The van der Waals surface area contributed by atoms with Crippen molar-refractivity contribution in [2.45, 2.75) is 32.7 Å².